The summed E-state index contributed by atoms with van der Waals surface area (Å²) in [6, 6.07) is 3.77. The number of aryl methyl sites for hydroxylation is 2. The summed E-state index contributed by atoms with van der Waals surface area (Å²) in [5.41, 5.74) is 2.33. The fraction of sp³-hybridized carbons (Fsp3) is 0.333. The second-order valence-electron chi connectivity index (χ2n) is 6.38. The highest BCUT2D eigenvalue weighted by Gasteiger charge is 2.26. The molecular weight excluding hydrogens is 350 g/mol. The number of carbonyl (C=O) groups is 1. The highest BCUT2D eigenvalue weighted by Crippen LogP contribution is 2.20. The maximum atomic E-state index is 12.7. The van der Waals surface area contributed by atoms with Crippen LogP contribution in [0.5, 0.6) is 0 Å². The molecule has 0 atom stereocenters. The molecule has 1 amide bonds. The number of carbonyl (C=O) groups excluding carboxylic acids is 1. The quantitative estimate of drug-likeness (QED) is 0.687. The fourth-order valence-electron chi connectivity index (χ4n) is 3.22. The van der Waals surface area contributed by atoms with Crippen LogP contribution in [-0.2, 0) is 7.05 Å². The number of nitrogens with zero attached hydrogens (tertiary/aromatic N) is 5. The van der Waals surface area contributed by atoms with E-state index in [1.807, 2.05) is 28.2 Å². The first kappa shape index (κ1) is 16.7. The van der Waals surface area contributed by atoms with Crippen LogP contribution >= 0.6 is 11.3 Å². The third-order valence-electron chi connectivity index (χ3n) is 4.78. The third-order valence-corrected chi connectivity index (χ3v) is 5.79. The smallest absolute Gasteiger partial charge is 0.293 e. The van der Waals surface area contributed by atoms with Crippen molar-refractivity contribution in [3.63, 3.8) is 0 Å². The van der Waals surface area contributed by atoms with Crippen molar-refractivity contribution in [3.8, 4) is 0 Å². The number of thiophene rings is 1. The van der Waals surface area contributed by atoms with Gasteiger partial charge < -0.3 is 14.4 Å². The molecule has 134 valence electrons. The van der Waals surface area contributed by atoms with Crippen molar-refractivity contribution in [1.82, 2.24) is 19.4 Å². The second-order valence-corrected chi connectivity index (χ2v) is 7.29. The van der Waals surface area contributed by atoms with Gasteiger partial charge in [-0.15, -0.1) is 11.3 Å². The number of fused-ring (bicyclic) bond motifs is 1. The van der Waals surface area contributed by atoms with Crippen molar-refractivity contribution in [3.05, 3.63) is 50.7 Å². The van der Waals surface area contributed by atoms with Gasteiger partial charge in [-0.05, 0) is 30.0 Å². The first-order valence-electron chi connectivity index (χ1n) is 8.45. The molecule has 0 N–H and O–H groups in total. The van der Waals surface area contributed by atoms with Gasteiger partial charge in [0.05, 0.1) is 22.1 Å². The number of hydrogen-bond acceptors (Lipinski definition) is 6. The SMILES string of the molecule is Cc1ccsc1C(=O)N1CCN(c2nc3ccncc3n(C)c2=O)CC1. The fourth-order valence-corrected chi connectivity index (χ4v) is 4.11. The minimum absolute atomic E-state index is 0.0718. The van der Waals surface area contributed by atoms with E-state index in [0.717, 1.165) is 16.0 Å². The number of amides is 1. The molecule has 1 saturated heterocycles. The molecule has 0 aliphatic carbocycles. The Morgan fingerprint density at radius 2 is 1.96 bits per heavy atom. The average Bonchev–Trinajstić information content (AvgIpc) is 3.10. The minimum atomic E-state index is -0.139. The summed E-state index contributed by atoms with van der Waals surface area (Å²) in [6.45, 7) is 4.30. The van der Waals surface area contributed by atoms with Gasteiger partial charge >= 0.3 is 0 Å². The number of anilines is 1. The predicted octanol–water partition coefficient (Wildman–Crippen LogP) is 1.66. The van der Waals surface area contributed by atoms with E-state index in [0.29, 0.717) is 37.5 Å². The molecule has 0 aromatic carbocycles. The van der Waals surface area contributed by atoms with Crippen molar-refractivity contribution in [1.29, 1.82) is 0 Å². The van der Waals surface area contributed by atoms with Crippen molar-refractivity contribution < 1.29 is 4.79 Å². The summed E-state index contributed by atoms with van der Waals surface area (Å²) >= 11 is 1.48. The minimum Gasteiger partial charge on any atom is -0.348 e. The van der Waals surface area contributed by atoms with Crippen LogP contribution in [0.15, 0.2) is 34.7 Å². The van der Waals surface area contributed by atoms with Gasteiger partial charge in [0.1, 0.15) is 0 Å². The maximum absolute atomic E-state index is 12.7. The molecule has 0 unspecified atom stereocenters. The average molecular weight is 369 g/mol. The van der Waals surface area contributed by atoms with Gasteiger partial charge in [0.2, 0.25) is 0 Å². The Morgan fingerprint density at radius 3 is 2.65 bits per heavy atom. The summed E-state index contributed by atoms with van der Waals surface area (Å²) in [4.78, 5) is 38.6. The Kier molecular flexibility index (Phi) is 4.20. The van der Waals surface area contributed by atoms with Gasteiger partial charge in [0.25, 0.3) is 11.5 Å². The van der Waals surface area contributed by atoms with Crippen LogP contribution in [0.25, 0.3) is 11.0 Å². The molecule has 1 aliphatic rings. The van der Waals surface area contributed by atoms with E-state index in [9.17, 15) is 9.59 Å². The standard InChI is InChI=1S/C18H19N5O2S/c1-12-4-10-26-15(12)17(24)23-8-6-22(7-9-23)16-18(25)21(2)14-11-19-5-3-13(14)20-16/h3-5,10-11H,6-9H2,1-2H3. The molecule has 7 nitrogen and oxygen atoms in total. The zero-order valence-corrected chi connectivity index (χ0v) is 15.5. The number of rotatable bonds is 2. The van der Waals surface area contributed by atoms with Crippen molar-refractivity contribution in [2.75, 3.05) is 31.1 Å². The Hall–Kier alpha value is -2.74. The summed E-state index contributed by atoms with van der Waals surface area (Å²) in [7, 11) is 1.73. The highest BCUT2D eigenvalue weighted by molar-refractivity contribution is 7.12. The van der Waals surface area contributed by atoms with Crippen LogP contribution in [0, 0.1) is 6.92 Å². The van der Waals surface area contributed by atoms with Gasteiger partial charge in [0.15, 0.2) is 5.82 Å². The Bertz CT molecular complexity index is 1030. The highest BCUT2D eigenvalue weighted by atomic mass is 32.1. The van der Waals surface area contributed by atoms with Crippen LogP contribution in [0.2, 0.25) is 0 Å². The van der Waals surface area contributed by atoms with Crippen LogP contribution in [0.1, 0.15) is 15.2 Å². The predicted molar refractivity (Wildman–Crippen MR) is 102 cm³/mol. The van der Waals surface area contributed by atoms with Gasteiger partial charge in [-0.3, -0.25) is 14.6 Å². The Balaban J connectivity index is 1.56. The third kappa shape index (κ3) is 2.76. The molecule has 4 heterocycles. The molecule has 1 aliphatic heterocycles. The molecule has 0 spiro atoms. The molecule has 0 bridgehead atoms. The lowest BCUT2D eigenvalue weighted by Crippen LogP contribution is -2.50. The van der Waals surface area contributed by atoms with Crippen LogP contribution < -0.4 is 10.5 Å². The summed E-state index contributed by atoms with van der Waals surface area (Å²) < 4.78 is 1.58. The molecule has 0 saturated carbocycles. The van der Waals surface area contributed by atoms with Crippen molar-refractivity contribution >= 4 is 34.1 Å². The lowest BCUT2D eigenvalue weighted by atomic mass is 10.2. The summed E-state index contributed by atoms with van der Waals surface area (Å²) in [6.07, 6.45) is 3.32. The monoisotopic (exact) mass is 369 g/mol. The Morgan fingerprint density at radius 1 is 1.19 bits per heavy atom. The van der Waals surface area contributed by atoms with E-state index in [2.05, 4.69) is 9.97 Å². The zero-order chi connectivity index (χ0) is 18.3. The molecule has 4 rings (SSSR count). The molecule has 1 fully saturated rings. The number of pyridine rings is 1. The number of hydrogen-bond donors (Lipinski definition) is 0. The van der Waals surface area contributed by atoms with Gasteiger partial charge in [-0.2, -0.15) is 0 Å². The van der Waals surface area contributed by atoms with E-state index < -0.39 is 0 Å². The second kappa shape index (κ2) is 6.53. The Labute approximate surface area is 154 Å². The lowest BCUT2D eigenvalue weighted by Gasteiger charge is -2.35. The lowest BCUT2D eigenvalue weighted by molar-refractivity contribution is 0.0750. The van der Waals surface area contributed by atoms with Crippen LogP contribution in [0.4, 0.5) is 5.82 Å². The summed E-state index contributed by atoms with van der Waals surface area (Å²) in [5.74, 6) is 0.508. The molecule has 3 aromatic heterocycles. The van der Waals surface area contributed by atoms with Crippen molar-refractivity contribution in [2.45, 2.75) is 6.92 Å². The molecule has 3 aromatic rings. The van der Waals surface area contributed by atoms with Crippen molar-refractivity contribution in [2.24, 2.45) is 7.05 Å². The van der Waals surface area contributed by atoms with E-state index in [-0.39, 0.29) is 11.5 Å². The summed E-state index contributed by atoms with van der Waals surface area (Å²) in [5, 5.41) is 1.94. The van der Waals surface area contributed by atoms with E-state index in [1.54, 1.807) is 30.1 Å². The van der Waals surface area contributed by atoms with E-state index >= 15 is 0 Å². The largest absolute Gasteiger partial charge is 0.348 e. The first-order chi connectivity index (χ1) is 12.6. The number of piperazine rings is 1. The molecule has 0 radical (unpaired) electrons. The van der Waals surface area contributed by atoms with E-state index in [4.69, 9.17) is 0 Å². The number of aromatic nitrogens is 3. The van der Waals surface area contributed by atoms with Crippen LogP contribution in [0.3, 0.4) is 0 Å². The molecule has 26 heavy (non-hydrogen) atoms. The molecule has 8 heteroatoms. The van der Waals surface area contributed by atoms with Gasteiger partial charge in [0, 0.05) is 39.4 Å². The topological polar surface area (TPSA) is 71.3 Å². The first-order valence-corrected chi connectivity index (χ1v) is 9.33. The molecular formula is C18H19N5O2S. The zero-order valence-electron chi connectivity index (χ0n) is 14.7. The van der Waals surface area contributed by atoms with Crippen LogP contribution in [-0.4, -0.2) is 51.5 Å². The van der Waals surface area contributed by atoms with E-state index in [1.165, 1.54) is 11.3 Å². The normalized spacial score (nSPS) is 14.8. The maximum Gasteiger partial charge on any atom is 0.293 e. The van der Waals surface area contributed by atoms with Gasteiger partial charge in [-0.25, -0.2) is 4.98 Å². The van der Waals surface area contributed by atoms with Gasteiger partial charge in [-0.1, -0.05) is 0 Å².